The van der Waals surface area contributed by atoms with E-state index in [2.05, 4.69) is 20.5 Å². The number of carbonyl (C=O) groups is 2. The average Bonchev–Trinajstić information content (AvgIpc) is 2.97. The zero-order chi connectivity index (χ0) is 32.1. The molecule has 0 atom stereocenters. The van der Waals surface area contributed by atoms with Gasteiger partial charge < -0.3 is 35.3 Å². The molecular weight excluding hydrogens is 577 g/mol. The third-order valence-corrected chi connectivity index (χ3v) is 7.74. The number of nitrogens with one attached hydrogen (secondary N) is 3. The molecule has 2 saturated heterocycles. The number of carbonyl (C=O) groups excluding carboxylic acids is 2. The molecule has 0 unspecified atom stereocenters. The lowest BCUT2D eigenvalue weighted by atomic mass is 9.95. The molecule has 2 amide bonds. The van der Waals surface area contributed by atoms with Gasteiger partial charge in [-0.3, -0.25) is 4.79 Å². The van der Waals surface area contributed by atoms with Crippen LogP contribution < -0.4 is 10.6 Å². The Balaban J connectivity index is 1.28. The summed E-state index contributed by atoms with van der Waals surface area (Å²) in [4.78, 5) is 32.8. The van der Waals surface area contributed by atoms with E-state index in [1.165, 1.54) is 19.3 Å². The number of rotatable bonds is 7. The van der Waals surface area contributed by atoms with Crippen molar-refractivity contribution in [1.82, 2.24) is 25.4 Å². The van der Waals surface area contributed by atoms with Crippen molar-refractivity contribution in [2.24, 2.45) is 5.92 Å². The van der Waals surface area contributed by atoms with Crippen LogP contribution in [0.25, 0.3) is 0 Å². The summed E-state index contributed by atoms with van der Waals surface area (Å²) in [5.74, 6) is -0.0821. The molecule has 0 bridgehead atoms. The lowest BCUT2D eigenvalue weighted by Crippen LogP contribution is -2.46. The second kappa shape index (κ2) is 13.8. The highest BCUT2D eigenvalue weighted by atomic mass is 19.4. The van der Waals surface area contributed by atoms with Gasteiger partial charge in [0, 0.05) is 56.6 Å². The van der Waals surface area contributed by atoms with Crippen LogP contribution in [-0.2, 0) is 15.7 Å². The van der Waals surface area contributed by atoms with Gasteiger partial charge in [-0.15, -0.1) is 0 Å². The molecule has 2 aliphatic heterocycles. The highest BCUT2D eigenvalue weighted by Gasteiger charge is 2.33. The smallest absolute Gasteiger partial charge is 0.433 e. The van der Waals surface area contributed by atoms with Gasteiger partial charge in [-0.1, -0.05) is 6.07 Å². The summed E-state index contributed by atoms with van der Waals surface area (Å²) in [6.45, 7) is 9.90. The minimum absolute atomic E-state index is 0.166. The highest BCUT2D eigenvalue weighted by Crippen LogP contribution is 2.28. The summed E-state index contributed by atoms with van der Waals surface area (Å²) in [5, 5.41) is 14.3. The van der Waals surface area contributed by atoms with Crippen molar-refractivity contribution < 1.29 is 32.2 Å². The number of likely N-dealkylation sites (tertiary alicyclic amines) is 2. The molecule has 10 nitrogen and oxygen atoms in total. The van der Waals surface area contributed by atoms with Crippen LogP contribution in [0.2, 0.25) is 0 Å². The van der Waals surface area contributed by atoms with Crippen molar-refractivity contribution in [2.45, 2.75) is 64.3 Å². The molecule has 1 aromatic rings. The Kier molecular flexibility index (Phi) is 10.4. The van der Waals surface area contributed by atoms with E-state index in [9.17, 15) is 22.8 Å². The van der Waals surface area contributed by atoms with E-state index in [1.807, 2.05) is 20.8 Å². The number of piperidine rings is 2. The first-order valence-electron chi connectivity index (χ1n) is 14.8. The number of alkyl halides is 3. The van der Waals surface area contributed by atoms with E-state index in [4.69, 9.17) is 14.9 Å². The van der Waals surface area contributed by atoms with Gasteiger partial charge in [0.15, 0.2) is 0 Å². The SMILES string of the molecule is COC1=CC(=N)/C(=C\NC2CCN(CC3CCN(C(=O)OC(C)(C)C)CC3)CC2)C=C1NC(=O)c1cccc(C(F)(F)F)n1. The predicted octanol–water partition coefficient (Wildman–Crippen LogP) is 4.86. The molecule has 0 aromatic carbocycles. The van der Waals surface area contributed by atoms with Gasteiger partial charge >= 0.3 is 12.3 Å². The van der Waals surface area contributed by atoms with E-state index < -0.39 is 23.4 Å². The first kappa shape index (κ1) is 33.0. The molecule has 44 heavy (non-hydrogen) atoms. The molecule has 3 aliphatic rings. The zero-order valence-electron chi connectivity index (χ0n) is 25.6. The first-order valence-corrected chi connectivity index (χ1v) is 14.8. The molecule has 1 aromatic heterocycles. The van der Waals surface area contributed by atoms with E-state index in [1.54, 1.807) is 17.2 Å². The van der Waals surface area contributed by atoms with Crippen molar-refractivity contribution in [2.75, 3.05) is 39.8 Å². The van der Waals surface area contributed by atoms with Gasteiger partial charge in [0.1, 0.15) is 22.7 Å². The normalized spacial score (nSPS) is 20.2. The van der Waals surface area contributed by atoms with Crippen LogP contribution >= 0.6 is 0 Å². The lowest BCUT2D eigenvalue weighted by molar-refractivity contribution is -0.141. The second-order valence-electron chi connectivity index (χ2n) is 12.3. The minimum Gasteiger partial charge on any atom is -0.494 e. The van der Waals surface area contributed by atoms with Gasteiger partial charge in [-0.2, -0.15) is 13.2 Å². The molecule has 3 heterocycles. The van der Waals surface area contributed by atoms with Gasteiger partial charge in [0.25, 0.3) is 5.91 Å². The van der Waals surface area contributed by atoms with E-state index in [0.29, 0.717) is 24.6 Å². The molecule has 3 N–H and O–H groups in total. The van der Waals surface area contributed by atoms with Crippen LogP contribution in [0.4, 0.5) is 18.0 Å². The van der Waals surface area contributed by atoms with Crippen molar-refractivity contribution >= 4 is 17.7 Å². The maximum atomic E-state index is 13.1. The zero-order valence-corrected chi connectivity index (χ0v) is 25.6. The molecule has 0 spiro atoms. The van der Waals surface area contributed by atoms with Crippen molar-refractivity contribution in [3.8, 4) is 0 Å². The Morgan fingerprint density at radius 1 is 1.07 bits per heavy atom. The molecule has 0 saturated carbocycles. The molecule has 1 aliphatic carbocycles. The van der Waals surface area contributed by atoms with Gasteiger partial charge in [0.2, 0.25) is 0 Å². The van der Waals surface area contributed by atoms with Gasteiger partial charge in [-0.25, -0.2) is 9.78 Å². The quantitative estimate of drug-likeness (QED) is 0.399. The molecule has 240 valence electrons. The molecule has 4 rings (SSSR count). The number of aromatic nitrogens is 1. The minimum atomic E-state index is -4.67. The van der Waals surface area contributed by atoms with Crippen LogP contribution in [0.5, 0.6) is 0 Å². The number of ether oxygens (including phenoxy) is 2. The Hall–Kier alpha value is -3.87. The Morgan fingerprint density at radius 3 is 2.36 bits per heavy atom. The largest absolute Gasteiger partial charge is 0.494 e. The number of nitrogens with zero attached hydrogens (tertiary/aromatic N) is 3. The molecular formula is C31H41F3N6O4. The maximum absolute atomic E-state index is 13.1. The fraction of sp³-hybridized carbons (Fsp3) is 0.548. The highest BCUT2D eigenvalue weighted by molar-refractivity contribution is 6.10. The third kappa shape index (κ3) is 9.07. The van der Waals surface area contributed by atoms with Crippen LogP contribution in [0.3, 0.4) is 0 Å². The van der Waals surface area contributed by atoms with Gasteiger partial charge in [-0.05, 0) is 70.6 Å². The molecule has 13 heteroatoms. The number of hydrogen-bond acceptors (Lipinski definition) is 8. The number of amides is 2. The summed E-state index contributed by atoms with van der Waals surface area (Å²) in [5.41, 5.74) is -1.16. The van der Waals surface area contributed by atoms with Gasteiger partial charge in [0.05, 0.1) is 18.5 Å². The molecule has 2 fully saturated rings. The van der Waals surface area contributed by atoms with Crippen molar-refractivity contribution in [1.29, 1.82) is 5.41 Å². The Morgan fingerprint density at radius 2 is 1.75 bits per heavy atom. The second-order valence-corrected chi connectivity index (χ2v) is 12.3. The van der Waals surface area contributed by atoms with E-state index in [-0.39, 0.29) is 35.0 Å². The standard InChI is InChI=1S/C31H41F3N6O4/c1-30(2,3)44-29(42)40-14-8-20(9-15-40)19-39-12-10-22(11-13-39)36-18-21-16-25(26(43-4)17-23(21)35)38-28(41)24-6-5-7-27(37-24)31(32,33)34/h5-7,16-18,20,22,35-36H,8-15,19H2,1-4H3,(H,38,41)/b21-18-,35-23?. The van der Waals surface area contributed by atoms with Crippen molar-refractivity contribution in [3.05, 3.63) is 65.0 Å². The predicted molar refractivity (Wildman–Crippen MR) is 159 cm³/mol. The fourth-order valence-corrected chi connectivity index (χ4v) is 5.37. The van der Waals surface area contributed by atoms with Crippen molar-refractivity contribution in [3.63, 3.8) is 0 Å². The summed E-state index contributed by atoms with van der Waals surface area (Å²) in [7, 11) is 1.38. The van der Waals surface area contributed by atoms with Crippen LogP contribution in [0.1, 0.15) is 62.6 Å². The maximum Gasteiger partial charge on any atom is 0.433 e. The van der Waals surface area contributed by atoms with Crippen LogP contribution in [0.15, 0.2) is 53.6 Å². The first-order chi connectivity index (χ1) is 20.7. The summed E-state index contributed by atoms with van der Waals surface area (Å²) in [6, 6.07) is 3.32. The van der Waals surface area contributed by atoms with Crippen LogP contribution in [0, 0.1) is 11.3 Å². The number of allylic oxidation sites excluding steroid dienone is 3. The summed E-state index contributed by atoms with van der Waals surface area (Å²) < 4.78 is 50.0. The number of halogens is 3. The monoisotopic (exact) mass is 618 g/mol. The van der Waals surface area contributed by atoms with Crippen LogP contribution in [-0.4, -0.2) is 84.0 Å². The third-order valence-electron chi connectivity index (χ3n) is 7.74. The fourth-order valence-electron chi connectivity index (χ4n) is 5.37. The topological polar surface area (TPSA) is 120 Å². The number of hydrogen-bond donors (Lipinski definition) is 3. The average molecular weight is 619 g/mol. The Bertz CT molecular complexity index is 1320. The van der Waals surface area contributed by atoms with E-state index >= 15 is 0 Å². The summed E-state index contributed by atoms with van der Waals surface area (Å²) in [6.07, 6.45) is 3.56. The number of pyridine rings is 1. The summed E-state index contributed by atoms with van der Waals surface area (Å²) >= 11 is 0. The molecule has 0 radical (unpaired) electrons. The lowest BCUT2D eigenvalue weighted by Gasteiger charge is -2.38. The number of methoxy groups -OCH3 is 1. The Labute approximate surface area is 255 Å². The van der Waals surface area contributed by atoms with E-state index in [0.717, 1.165) is 57.5 Å².